The molecule has 1 saturated heterocycles. The molecule has 0 spiro atoms. The van der Waals surface area contributed by atoms with E-state index in [2.05, 4.69) is 10.4 Å². The molecule has 32 heavy (non-hydrogen) atoms. The van der Waals surface area contributed by atoms with E-state index >= 15 is 0 Å². The van der Waals surface area contributed by atoms with Gasteiger partial charge in [-0.25, -0.2) is 0 Å². The van der Waals surface area contributed by atoms with Crippen LogP contribution in [0, 0.1) is 5.92 Å². The number of carbonyl (C=O) groups excluding carboxylic acids is 2. The molecule has 1 saturated carbocycles. The summed E-state index contributed by atoms with van der Waals surface area (Å²) in [6.45, 7) is 5.45. The third kappa shape index (κ3) is 4.27. The minimum absolute atomic E-state index is 0.0395. The SMILES string of the molecule is COC1CCN(C(=O)C=Cc2cnn3c(=O)c(C(=O)NC4CC4)c(O)n(CC(C)C)c23)C1. The molecule has 0 radical (unpaired) electrons. The van der Waals surface area contributed by atoms with Crippen LogP contribution in [-0.4, -0.2) is 68.3 Å². The number of nitrogens with zero attached hydrogens (tertiary/aromatic N) is 4. The first kappa shape index (κ1) is 22.1. The first-order valence-electron chi connectivity index (χ1n) is 10.9. The highest BCUT2D eigenvalue weighted by Gasteiger charge is 2.30. The van der Waals surface area contributed by atoms with E-state index in [4.69, 9.17) is 4.74 Å². The van der Waals surface area contributed by atoms with Crippen molar-refractivity contribution in [3.63, 3.8) is 0 Å². The Kier molecular flexibility index (Phi) is 6.05. The predicted octanol–water partition coefficient (Wildman–Crippen LogP) is 1.01. The summed E-state index contributed by atoms with van der Waals surface area (Å²) in [5.41, 5.74) is -0.168. The van der Waals surface area contributed by atoms with Crippen LogP contribution < -0.4 is 10.9 Å². The van der Waals surface area contributed by atoms with Gasteiger partial charge >= 0.3 is 0 Å². The summed E-state index contributed by atoms with van der Waals surface area (Å²) in [5, 5.41) is 17.8. The van der Waals surface area contributed by atoms with Gasteiger partial charge < -0.3 is 20.1 Å². The second kappa shape index (κ2) is 8.78. The lowest BCUT2D eigenvalue weighted by molar-refractivity contribution is -0.125. The van der Waals surface area contributed by atoms with Crippen molar-refractivity contribution in [3.8, 4) is 5.88 Å². The molecule has 1 aliphatic heterocycles. The lowest BCUT2D eigenvalue weighted by Crippen LogP contribution is -2.34. The average Bonchev–Trinajstić information content (AvgIpc) is 3.26. The zero-order valence-corrected chi connectivity index (χ0v) is 18.6. The maximum absolute atomic E-state index is 13.0. The zero-order chi connectivity index (χ0) is 23.0. The molecule has 2 aliphatic rings. The number of nitrogens with one attached hydrogen (secondary N) is 1. The third-order valence-corrected chi connectivity index (χ3v) is 5.80. The lowest BCUT2D eigenvalue weighted by atomic mass is 10.2. The van der Waals surface area contributed by atoms with Crippen molar-refractivity contribution < 1.29 is 19.4 Å². The van der Waals surface area contributed by atoms with Gasteiger partial charge in [0.05, 0.1) is 12.3 Å². The maximum Gasteiger partial charge on any atom is 0.291 e. The molecule has 1 unspecified atom stereocenters. The summed E-state index contributed by atoms with van der Waals surface area (Å²) in [7, 11) is 1.63. The van der Waals surface area contributed by atoms with E-state index in [0.717, 1.165) is 23.8 Å². The first-order valence-corrected chi connectivity index (χ1v) is 10.9. The van der Waals surface area contributed by atoms with Crippen LogP contribution in [0.5, 0.6) is 5.88 Å². The Labute approximate surface area is 185 Å². The molecule has 2 fully saturated rings. The van der Waals surface area contributed by atoms with Gasteiger partial charge in [-0.05, 0) is 31.3 Å². The van der Waals surface area contributed by atoms with E-state index in [1.807, 2.05) is 13.8 Å². The van der Waals surface area contributed by atoms with E-state index < -0.39 is 17.3 Å². The van der Waals surface area contributed by atoms with Gasteiger partial charge in [-0.2, -0.15) is 9.61 Å². The monoisotopic (exact) mass is 443 g/mol. The van der Waals surface area contributed by atoms with Crippen molar-refractivity contribution in [1.29, 1.82) is 0 Å². The fourth-order valence-corrected chi connectivity index (χ4v) is 3.94. The van der Waals surface area contributed by atoms with Crippen LogP contribution in [0.25, 0.3) is 11.7 Å². The molecule has 172 valence electrons. The Balaban J connectivity index is 1.72. The fraction of sp³-hybridized carbons (Fsp3) is 0.545. The summed E-state index contributed by atoms with van der Waals surface area (Å²) in [6, 6.07) is 0.0426. The maximum atomic E-state index is 13.0. The normalized spacial score (nSPS) is 18.9. The zero-order valence-electron chi connectivity index (χ0n) is 18.6. The first-order chi connectivity index (χ1) is 15.3. The van der Waals surface area contributed by atoms with E-state index in [1.165, 1.54) is 16.8 Å². The Morgan fingerprint density at radius 2 is 2.09 bits per heavy atom. The number of rotatable bonds is 7. The highest BCUT2D eigenvalue weighted by atomic mass is 16.5. The van der Waals surface area contributed by atoms with Crippen LogP contribution in [0.15, 0.2) is 17.1 Å². The van der Waals surface area contributed by atoms with Crippen molar-refractivity contribution in [2.45, 2.75) is 51.8 Å². The largest absolute Gasteiger partial charge is 0.494 e. The predicted molar refractivity (Wildman–Crippen MR) is 117 cm³/mol. The Morgan fingerprint density at radius 3 is 2.72 bits per heavy atom. The Hall–Kier alpha value is -3.14. The number of carbonyl (C=O) groups is 2. The Morgan fingerprint density at radius 1 is 1.34 bits per heavy atom. The molecular weight excluding hydrogens is 414 g/mol. The molecule has 2 aromatic heterocycles. The Bertz CT molecular complexity index is 1130. The number of methoxy groups -OCH3 is 1. The van der Waals surface area contributed by atoms with Gasteiger partial charge in [-0.1, -0.05) is 13.8 Å². The van der Waals surface area contributed by atoms with Crippen molar-refractivity contribution in [2.75, 3.05) is 20.2 Å². The van der Waals surface area contributed by atoms with E-state index in [9.17, 15) is 19.5 Å². The minimum Gasteiger partial charge on any atom is -0.494 e. The lowest BCUT2D eigenvalue weighted by Gasteiger charge is -2.17. The average molecular weight is 444 g/mol. The van der Waals surface area contributed by atoms with E-state index in [0.29, 0.717) is 30.8 Å². The topological polar surface area (TPSA) is 118 Å². The van der Waals surface area contributed by atoms with Gasteiger partial charge in [0.25, 0.3) is 11.5 Å². The van der Waals surface area contributed by atoms with E-state index in [1.54, 1.807) is 18.1 Å². The second-order valence-corrected chi connectivity index (χ2v) is 8.86. The molecular formula is C22H29N5O5. The number of fused-ring (bicyclic) bond motifs is 1. The quantitative estimate of drug-likeness (QED) is 0.617. The highest BCUT2D eigenvalue weighted by molar-refractivity contribution is 5.97. The summed E-state index contributed by atoms with van der Waals surface area (Å²) in [5.74, 6) is -1.03. The number of aromatic nitrogens is 3. The van der Waals surface area contributed by atoms with Crippen LogP contribution in [-0.2, 0) is 16.1 Å². The van der Waals surface area contributed by atoms with Crippen molar-refractivity contribution in [2.24, 2.45) is 5.92 Å². The standard InChI is InChI=1S/C22H29N5O5/c1-13(2)11-26-20-14(4-7-17(28)25-9-8-16(12-25)32-3)10-23-27(20)22(31)18(21(26)30)19(29)24-15-5-6-15/h4,7,10,13,15-16,30H,5-6,8-9,11-12H2,1-3H3,(H,24,29). The van der Waals surface area contributed by atoms with Crippen LogP contribution in [0.2, 0.25) is 0 Å². The number of likely N-dealkylation sites (tertiary alicyclic amines) is 1. The van der Waals surface area contributed by atoms with Crippen molar-refractivity contribution in [3.05, 3.63) is 33.8 Å². The number of aromatic hydroxyl groups is 1. The van der Waals surface area contributed by atoms with Gasteiger partial charge in [-0.15, -0.1) is 0 Å². The summed E-state index contributed by atoms with van der Waals surface area (Å²) in [4.78, 5) is 39.9. The molecule has 10 heteroatoms. The van der Waals surface area contributed by atoms with Gasteiger partial charge in [0.1, 0.15) is 5.65 Å². The van der Waals surface area contributed by atoms with Gasteiger partial charge in [0, 0.05) is 44.4 Å². The fourth-order valence-electron chi connectivity index (χ4n) is 3.94. The van der Waals surface area contributed by atoms with Crippen LogP contribution in [0.1, 0.15) is 49.0 Å². The minimum atomic E-state index is -0.691. The third-order valence-electron chi connectivity index (χ3n) is 5.80. The van der Waals surface area contributed by atoms with Crippen molar-refractivity contribution in [1.82, 2.24) is 24.4 Å². The summed E-state index contributed by atoms with van der Waals surface area (Å²) < 4.78 is 7.94. The molecule has 4 rings (SSSR count). The molecule has 2 amide bonds. The number of ether oxygens (including phenoxy) is 1. The van der Waals surface area contributed by atoms with E-state index in [-0.39, 0.29) is 29.5 Å². The molecule has 1 aliphatic carbocycles. The molecule has 0 aromatic carbocycles. The second-order valence-electron chi connectivity index (χ2n) is 8.86. The smallest absolute Gasteiger partial charge is 0.291 e. The van der Waals surface area contributed by atoms with Gasteiger partial charge in [0.2, 0.25) is 11.8 Å². The van der Waals surface area contributed by atoms with Crippen LogP contribution >= 0.6 is 0 Å². The number of hydrogen-bond acceptors (Lipinski definition) is 6. The number of amides is 2. The summed E-state index contributed by atoms with van der Waals surface area (Å²) in [6.07, 6.45) is 7.04. The molecule has 10 nitrogen and oxygen atoms in total. The molecule has 3 heterocycles. The van der Waals surface area contributed by atoms with Gasteiger partial charge in [-0.3, -0.25) is 19.0 Å². The molecule has 1 atom stereocenters. The van der Waals surface area contributed by atoms with Crippen LogP contribution in [0.3, 0.4) is 0 Å². The van der Waals surface area contributed by atoms with Gasteiger partial charge in [0.15, 0.2) is 5.56 Å². The number of hydrogen-bond donors (Lipinski definition) is 2. The molecule has 2 N–H and O–H groups in total. The molecule has 2 aromatic rings. The van der Waals surface area contributed by atoms with Crippen molar-refractivity contribution >= 4 is 23.5 Å². The summed E-state index contributed by atoms with van der Waals surface area (Å²) >= 11 is 0. The highest BCUT2D eigenvalue weighted by Crippen LogP contribution is 2.24. The molecule has 0 bridgehead atoms. The van der Waals surface area contributed by atoms with Crippen LogP contribution in [0.4, 0.5) is 0 Å².